The Kier molecular flexibility index (Phi) is 3.56. The highest BCUT2D eigenvalue weighted by molar-refractivity contribution is 5.88. The molecule has 2 fully saturated rings. The Hall–Kier alpha value is -3.04. The molecule has 124 valence electrons. The molecule has 0 aliphatic carbocycles. The summed E-state index contributed by atoms with van der Waals surface area (Å²) in [6.45, 7) is 2.42. The Morgan fingerprint density at radius 3 is 2.79 bits per heavy atom. The molecule has 0 spiro atoms. The van der Waals surface area contributed by atoms with Gasteiger partial charge in [-0.3, -0.25) is 9.59 Å². The summed E-state index contributed by atoms with van der Waals surface area (Å²) >= 11 is 0. The van der Waals surface area contributed by atoms with Crippen LogP contribution < -0.4 is 10.2 Å². The Morgan fingerprint density at radius 1 is 1.21 bits per heavy atom. The summed E-state index contributed by atoms with van der Waals surface area (Å²) in [6, 6.07) is 1.81. The molecule has 0 radical (unpaired) electrons. The number of aromatic nitrogens is 5. The van der Waals surface area contributed by atoms with Gasteiger partial charge < -0.3 is 15.1 Å². The molecule has 2 saturated heterocycles. The minimum Gasteiger partial charge on any atom is -0.355 e. The van der Waals surface area contributed by atoms with Gasteiger partial charge in [0.05, 0.1) is 12.5 Å². The van der Waals surface area contributed by atoms with Crippen LogP contribution in [0.2, 0.25) is 0 Å². The van der Waals surface area contributed by atoms with E-state index in [1.807, 2.05) is 11.0 Å². The summed E-state index contributed by atoms with van der Waals surface area (Å²) in [5, 5.41) is 6.76. The molecular formula is C14H16N8O2. The zero-order chi connectivity index (χ0) is 16.5. The van der Waals surface area contributed by atoms with Crippen molar-refractivity contribution in [3.8, 4) is 5.82 Å². The van der Waals surface area contributed by atoms with Gasteiger partial charge in [0, 0.05) is 32.2 Å². The van der Waals surface area contributed by atoms with Crippen LogP contribution in [-0.4, -0.2) is 74.2 Å². The summed E-state index contributed by atoms with van der Waals surface area (Å²) in [5.74, 6) is 1.21. The molecule has 10 heteroatoms. The first kappa shape index (κ1) is 14.5. The molecule has 2 aliphatic heterocycles. The molecule has 0 saturated carbocycles. The fraction of sp³-hybridized carbons (Fsp3) is 0.429. The van der Waals surface area contributed by atoms with Gasteiger partial charge >= 0.3 is 0 Å². The lowest BCUT2D eigenvalue weighted by Gasteiger charge is -2.41. The third kappa shape index (κ3) is 2.66. The number of carbonyl (C=O) groups excluding carboxylic acids is 2. The van der Waals surface area contributed by atoms with Crippen LogP contribution in [0.15, 0.2) is 25.0 Å². The number of hydrogen-bond donors (Lipinski definition) is 1. The molecule has 2 aliphatic rings. The number of anilines is 1. The first-order valence-corrected chi connectivity index (χ1v) is 7.68. The van der Waals surface area contributed by atoms with Crippen LogP contribution in [0.3, 0.4) is 0 Å². The Bertz CT molecular complexity index is 756. The van der Waals surface area contributed by atoms with E-state index in [1.54, 1.807) is 15.9 Å². The van der Waals surface area contributed by atoms with E-state index in [2.05, 4.69) is 25.4 Å². The first-order chi connectivity index (χ1) is 11.7. The van der Waals surface area contributed by atoms with Crippen molar-refractivity contribution in [2.75, 3.05) is 37.6 Å². The molecule has 2 aromatic heterocycles. The maximum absolute atomic E-state index is 12.4. The lowest BCUT2D eigenvalue weighted by atomic mass is 9.98. The van der Waals surface area contributed by atoms with Crippen LogP contribution in [0.1, 0.15) is 0 Å². The van der Waals surface area contributed by atoms with E-state index >= 15 is 0 Å². The Balaban J connectivity index is 1.40. The molecular weight excluding hydrogens is 312 g/mol. The van der Waals surface area contributed by atoms with Crippen LogP contribution in [0.5, 0.6) is 0 Å². The minimum absolute atomic E-state index is 0.0339. The second-order valence-electron chi connectivity index (χ2n) is 5.79. The van der Waals surface area contributed by atoms with Crippen molar-refractivity contribution in [1.82, 2.24) is 34.9 Å². The second-order valence-corrected chi connectivity index (χ2v) is 5.79. The maximum atomic E-state index is 12.4. The number of nitrogens with one attached hydrogen (secondary N) is 1. The Labute approximate surface area is 137 Å². The van der Waals surface area contributed by atoms with Crippen LogP contribution in [0, 0.1) is 5.92 Å². The van der Waals surface area contributed by atoms with Crippen molar-refractivity contribution in [3.05, 3.63) is 25.0 Å². The summed E-state index contributed by atoms with van der Waals surface area (Å²) in [6.07, 6.45) is 4.47. The van der Waals surface area contributed by atoms with Crippen molar-refractivity contribution < 1.29 is 9.59 Å². The van der Waals surface area contributed by atoms with Gasteiger partial charge in [-0.2, -0.15) is 5.10 Å². The number of nitrogens with zero attached hydrogens (tertiary/aromatic N) is 7. The van der Waals surface area contributed by atoms with Gasteiger partial charge in [-0.15, -0.1) is 0 Å². The van der Waals surface area contributed by atoms with Crippen LogP contribution in [-0.2, 0) is 9.59 Å². The van der Waals surface area contributed by atoms with Crippen LogP contribution >= 0.6 is 0 Å². The SMILES string of the molecule is O=C1CN(C(=O)C2CN(c3cc(-n4cncn4)ncn3)C2)CCN1. The predicted octanol–water partition coefficient (Wildman–Crippen LogP) is -1.55. The maximum Gasteiger partial charge on any atom is 0.239 e. The van der Waals surface area contributed by atoms with E-state index in [4.69, 9.17) is 0 Å². The number of hydrogen-bond acceptors (Lipinski definition) is 7. The first-order valence-electron chi connectivity index (χ1n) is 7.68. The smallest absolute Gasteiger partial charge is 0.239 e. The van der Waals surface area contributed by atoms with E-state index in [1.165, 1.54) is 12.7 Å². The molecule has 0 atom stereocenters. The molecule has 24 heavy (non-hydrogen) atoms. The van der Waals surface area contributed by atoms with E-state index in [-0.39, 0.29) is 24.3 Å². The zero-order valence-corrected chi connectivity index (χ0v) is 12.9. The minimum atomic E-state index is -0.0981. The molecule has 0 unspecified atom stereocenters. The van der Waals surface area contributed by atoms with Gasteiger partial charge in [0.2, 0.25) is 11.8 Å². The topological polar surface area (TPSA) is 109 Å². The highest BCUT2D eigenvalue weighted by Gasteiger charge is 2.37. The van der Waals surface area contributed by atoms with Gasteiger partial charge in [0.25, 0.3) is 0 Å². The number of piperazine rings is 1. The molecule has 2 aromatic rings. The van der Waals surface area contributed by atoms with E-state index in [0.717, 1.165) is 5.82 Å². The van der Waals surface area contributed by atoms with Crippen molar-refractivity contribution in [1.29, 1.82) is 0 Å². The van der Waals surface area contributed by atoms with Crippen molar-refractivity contribution in [2.24, 2.45) is 5.92 Å². The number of amides is 2. The average Bonchev–Trinajstić information content (AvgIpc) is 3.08. The molecule has 4 rings (SSSR count). The molecule has 0 aromatic carbocycles. The fourth-order valence-corrected chi connectivity index (χ4v) is 2.87. The summed E-state index contributed by atoms with van der Waals surface area (Å²) in [7, 11) is 0. The van der Waals surface area contributed by atoms with Crippen molar-refractivity contribution in [3.63, 3.8) is 0 Å². The van der Waals surface area contributed by atoms with Gasteiger partial charge in [-0.1, -0.05) is 0 Å². The molecule has 2 amide bonds. The molecule has 1 N–H and O–H groups in total. The molecule has 10 nitrogen and oxygen atoms in total. The quantitative estimate of drug-likeness (QED) is 0.726. The predicted molar refractivity (Wildman–Crippen MR) is 82.2 cm³/mol. The Morgan fingerprint density at radius 2 is 2.04 bits per heavy atom. The molecule has 4 heterocycles. The van der Waals surface area contributed by atoms with Crippen LogP contribution in [0.4, 0.5) is 5.82 Å². The monoisotopic (exact) mass is 328 g/mol. The van der Waals surface area contributed by atoms with Gasteiger partial charge in [0.15, 0.2) is 5.82 Å². The second kappa shape index (κ2) is 5.87. The number of carbonyl (C=O) groups is 2. The normalized spacial score (nSPS) is 18.2. The highest BCUT2D eigenvalue weighted by Crippen LogP contribution is 2.25. The van der Waals surface area contributed by atoms with E-state index in [0.29, 0.717) is 32.0 Å². The lowest BCUT2D eigenvalue weighted by molar-refractivity contribution is -0.142. The summed E-state index contributed by atoms with van der Waals surface area (Å²) in [4.78, 5) is 39.8. The van der Waals surface area contributed by atoms with E-state index < -0.39 is 0 Å². The lowest BCUT2D eigenvalue weighted by Crippen LogP contribution is -2.58. The van der Waals surface area contributed by atoms with Gasteiger partial charge in [-0.05, 0) is 0 Å². The van der Waals surface area contributed by atoms with E-state index in [9.17, 15) is 9.59 Å². The fourth-order valence-electron chi connectivity index (χ4n) is 2.87. The number of rotatable bonds is 3. The van der Waals surface area contributed by atoms with Gasteiger partial charge in [0.1, 0.15) is 24.8 Å². The highest BCUT2D eigenvalue weighted by atomic mass is 16.2. The van der Waals surface area contributed by atoms with Crippen LogP contribution in [0.25, 0.3) is 5.82 Å². The standard InChI is InChI=1S/C14H16N8O2/c23-13-6-20(2-1-16-13)14(24)10-4-21(5-10)11-3-12(18-8-17-11)22-9-15-7-19-22/h3,7-10H,1-2,4-6H2,(H,16,23). The average molecular weight is 328 g/mol. The summed E-state index contributed by atoms with van der Waals surface area (Å²) in [5.41, 5.74) is 0. The third-order valence-corrected chi connectivity index (χ3v) is 4.20. The van der Waals surface area contributed by atoms with Crippen molar-refractivity contribution in [2.45, 2.75) is 0 Å². The largest absolute Gasteiger partial charge is 0.355 e. The third-order valence-electron chi connectivity index (χ3n) is 4.20. The van der Waals surface area contributed by atoms with Crippen molar-refractivity contribution >= 4 is 17.6 Å². The summed E-state index contributed by atoms with van der Waals surface area (Å²) < 4.78 is 1.56. The molecule has 0 bridgehead atoms. The van der Waals surface area contributed by atoms with Gasteiger partial charge in [-0.25, -0.2) is 19.6 Å². The zero-order valence-electron chi connectivity index (χ0n) is 12.9.